The first-order valence-corrected chi connectivity index (χ1v) is 9.83. The molecule has 0 bridgehead atoms. The number of carboxylic acids is 1. The molecule has 0 spiro atoms. The summed E-state index contributed by atoms with van der Waals surface area (Å²) in [6.07, 6.45) is 2.82. The van der Waals surface area contributed by atoms with E-state index in [1.165, 1.54) is 23.5 Å². The van der Waals surface area contributed by atoms with Gasteiger partial charge in [-0.15, -0.1) is 11.3 Å². The zero-order chi connectivity index (χ0) is 19.2. The lowest BCUT2D eigenvalue weighted by Gasteiger charge is -2.31. The van der Waals surface area contributed by atoms with Crippen LogP contribution in [0.4, 0.5) is 9.52 Å². The van der Waals surface area contributed by atoms with Crippen LogP contribution >= 0.6 is 11.3 Å². The van der Waals surface area contributed by atoms with E-state index in [0.29, 0.717) is 23.2 Å². The maximum Gasteiger partial charge on any atom is 0.303 e. The normalized spacial score (nSPS) is 17.6. The summed E-state index contributed by atoms with van der Waals surface area (Å²) in [7, 11) is 0. The number of thiazole rings is 1. The number of amides is 1. The Morgan fingerprint density at radius 1 is 1.33 bits per heavy atom. The highest BCUT2D eigenvalue weighted by Gasteiger charge is 2.22. The lowest BCUT2D eigenvalue weighted by molar-refractivity contribution is -0.137. The second-order valence-corrected chi connectivity index (χ2v) is 7.63. The maximum absolute atomic E-state index is 13.0. The molecule has 1 fully saturated rings. The van der Waals surface area contributed by atoms with E-state index in [1.807, 2.05) is 5.38 Å². The number of carbonyl (C=O) groups excluding carboxylic acids is 1. The van der Waals surface area contributed by atoms with Gasteiger partial charge in [-0.25, -0.2) is 9.37 Å². The highest BCUT2D eigenvalue weighted by Crippen LogP contribution is 2.25. The molecule has 1 aromatic heterocycles. The minimum absolute atomic E-state index is 0.131. The van der Waals surface area contributed by atoms with Crippen molar-refractivity contribution in [3.05, 3.63) is 35.5 Å². The van der Waals surface area contributed by atoms with E-state index in [0.717, 1.165) is 31.5 Å². The topological polar surface area (TPSA) is 82.5 Å². The van der Waals surface area contributed by atoms with Gasteiger partial charge in [0.05, 0.1) is 12.2 Å². The number of nitrogens with zero attached hydrogens (tertiary/aromatic N) is 2. The van der Waals surface area contributed by atoms with Crippen molar-refractivity contribution in [3.63, 3.8) is 0 Å². The number of halogens is 1. The van der Waals surface area contributed by atoms with Crippen LogP contribution in [0.1, 0.15) is 25.7 Å². The van der Waals surface area contributed by atoms with Gasteiger partial charge in [0.2, 0.25) is 5.91 Å². The second kappa shape index (κ2) is 9.05. The molecule has 1 aromatic carbocycles. The number of carboxylic acid groups (broad SMARTS) is 1. The van der Waals surface area contributed by atoms with Gasteiger partial charge in [0.1, 0.15) is 5.82 Å². The largest absolute Gasteiger partial charge is 0.481 e. The molecule has 2 heterocycles. The Bertz CT molecular complexity index is 794. The number of aromatic nitrogens is 1. The summed E-state index contributed by atoms with van der Waals surface area (Å²) in [5, 5.41) is 14.0. The number of anilines is 1. The third-order valence-electron chi connectivity index (χ3n) is 4.63. The number of likely N-dealkylation sites (tertiary alicyclic amines) is 1. The van der Waals surface area contributed by atoms with Gasteiger partial charge in [-0.1, -0.05) is 0 Å². The van der Waals surface area contributed by atoms with E-state index in [9.17, 15) is 14.0 Å². The highest BCUT2D eigenvalue weighted by atomic mass is 32.1. The molecule has 144 valence electrons. The van der Waals surface area contributed by atoms with Gasteiger partial charge in [0, 0.05) is 23.9 Å². The van der Waals surface area contributed by atoms with Crippen LogP contribution in [0, 0.1) is 11.7 Å². The first-order valence-electron chi connectivity index (χ1n) is 8.95. The summed E-state index contributed by atoms with van der Waals surface area (Å²) in [6, 6.07) is 6.07. The maximum atomic E-state index is 13.0. The minimum Gasteiger partial charge on any atom is -0.481 e. The van der Waals surface area contributed by atoms with E-state index >= 15 is 0 Å². The van der Waals surface area contributed by atoms with Crippen LogP contribution < -0.4 is 5.32 Å². The molecule has 1 atom stereocenters. The van der Waals surface area contributed by atoms with Gasteiger partial charge in [-0.3, -0.25) is 14.5 Å². The van der Waals surface area contributed by atoms with Crippen LogP contribution in [0.15, 0.2) is 29.6 Å². The molecule has 2 N–H and O–H groups in total. The summed E-state index contributed by atoms with van der Waals surface area (Å²) in [5.74, 6) is -0.877. The molecule has 1 aliphatic heterocycles. The predicted octanol–water partition coefficient (Wildman–Crippen LogP) is 3.46. The summed E-state index contributed by atoms with van der Waals surface area (Å²) in [5.41, 5.74) is 1.49. The smallest absolute Gasteiger partial charge is 0.303 e. The molecule has 1 unspecified atom stereocenters. The predicted molar refractivity (Wildman–Crippen MR) is 102 cm³/mol. The van der Waals surface area contributed by atoms with E-state index in [2.05, 4.69) is 15.2 Å². The van der Waals surface area contributed by atoms with Crippen LogP contribution in [0.3, 0.4) is 0 Å². The molecule has 1 aliphatic rings. The van der Waals surface area contributed by atoms with Crippen LogP contribution in [0.25, 0.3) is 11.3 Å². The molecule has 6 nitrogen and oxygen atoms in total. The van der Waals surface area contributed by atoms with Crippen molar-refractivity contribution in [3.8, 4) is 11.3 Å². The average Bonchev–Trinajstić information content (AvgIpc) is 3.09. The quantitative estimate of drug-likeness (QED) is 0.755. The van der Waals surface area contributed by atoms with Gasteiger partial charge in [-0.2, -0.15) is 0 Å². The van der Waals surface area contributed by atoms with Crippen LogP contribution in [-0.2, 0) is 9.59 Å². The fraction of sp³-hybridized carbons (Fsp3) is 0.421. The summed E-state index contributed by atoms with van der Waals surface area (Å²) in [6.45, 7) is 1.87. The number of nitrogens with one attached hydrogen (secondary N) is 1. The minimum atomic E-state index is -0.773. The summed E-state index contributed by atoms with van der Waals surface area (Å²) in [4.78, 5) is 29.5. The number of rotatable bonds is 7. The summed E-state index contributed by atoms with van der Waals surface area (Å²) >= 11 is 1.33. The molecular formula is C19H22FN3O3S. The molecule has 0 saturated carbocycles. The van der Waals surface area contributed by atoms with Crippen molar-refractivity contribution in [2.24, 2.45) is 5.92 Å². The second-order valence-electron chi connectivity index (χ2n) is 6.77. The van der Waals surface area contributed by atoms with Gasteiger partial charge >= 0.3 is 5.97 Å². The molecule has 8 heteroatoms. The van der Waals surface area contributed by atoms with Gasteiger partial charge < -0.3 is 10.4 Å². The van der Waals surface area contributed by atoms with E-state index in [-0.39, 0.29) is 24.7 Å². The third kappa shape index (κ3) is 5.83. The van der Waals surface area contributed by atoms with E-state index < -0.39 is 5.97 Å². The molecule has 0 radical (unpaired) electrons. The Morgan fingerprint density at radius 3 is 2.85 bits per heavy atom. The number of hydrogen-bond donors (Lipinski definition) is 2. The Balaban J connectivity index is 1.50. The monoisotopic (exact) mass is 391 g/mol. The number of piperidine rings is 1. The Labute approximate surface area is 161 Å². The number of aliphatic carboxylic acids is 1. The van der Waals surface area contributed by atoms with Crippen molar-refractivity contribution in [1.82, 2.24) is 9.88 Å². The van der Waals surface area contributed by atoms with Crippen molar-refractivity contribution in [2.75, 3.05) is 25.0 Å². The standard InChI is InChI=1S/C19H22FN3O3S/c20-15-6-4-14(5-7-15)16-12-27-19(21-16)22-17(24)11-23-9-1-2-13(10-23)3-8-18(25)26/h4-7,12-13H,1-3,8-11H2,(H,25,26)(H,21,22,24). The fourth-order valence-corrected chi connectivity index (χ4v) is 4.04. The average molecular weight is 391 g/mol. The van der Waals surface area contributed by atoms with Crippen molar-refractivity contribution < 1.29 is 19.1 Å². The highest BCUT2D eigenvalue weighted by molar-refractivity contribution is 7.14. The van der Waals surface area contributed by atoms with Gasteiger partial charge in [-0.05, 0) is 56.0 Å². The van der Waals surface area contributed by atoms with Crippen LogP contribution in [-0.4, -0.2) is 46.5 Å². The Kier molecular flexibility index (Phi) is 6.52. The van der Waals surface area contributed by atoms with Gasteiger partial charge in [0.25, 0.3) is 0 Å². The molecular weight excluding hydrogens is 369 g/mol. The van der Waals surface area contributed by atoms with E-state index in [1.54, 1.807) is 12.1 Å². The fourth-order valence-electron chi connectivity index (χ4n) is 3.30. The van der Waals surface area contributed by atoms with Crippen LogP contribution in [0.5, 0.6) is 0 Å². The lowest BCUT2D eigenvalue weighted by Crippen LogP contribution is -2.40. The zero-order valence-corrected chi connectivity index (χ0v) is 15.7. The van der Waals surface area contributed by atoms with Crippen molar-refractivity contribution in [1.29, 1.82) is 0 Å². The van der Waals surface area contributed by atoms with E-state index in [4.69, 9.17) is 5.11 Å². The molecule has 0 aliphatic carbocycles. The first kappa shape index (κ1) is 19.4. The Morgan fingerprint density at radius 2 is 2.11 bits per heavy atom. The zero-order valence-electron chi connectivity index (χ0n) is 14.9. The summed E-state index contributed by atoms with van der Waals surface area (Å²) < 4.78 is 13.0. The Hall–Kier alpha value is -2.32. The third-order valence-corrected chi connectivity index (χ3v) is 5.39. The molecule has 2 aromatic rings. The SMILES string of the molecule is O=C(O)CCC1CCCN(CC(=O)Nc2nc(-c3ccc(F)cc3)cs2)C1. The number of hydrogen-bond acceptors (Lipinski definition) is 5. The number of carbonyl (C=O) groups is 2. The lowest BCUT2D eigenvalue weighted by atomic mass is 9.93. The molecule has 27 heavy (non-hydrogen) atoms. The number of benzene rings is 1. The van der Waals surface area contributed by atoms with Crippen molar-refractivity contribution in [2.45, 2.75) is 25.7 Å². The van der Waals surface area contributed by atoms with Gasteiger partial charge in [0.15, 0.2) is 5.13 Å². The molecule has 1 saturated heterocycles. The van der Waals surface area contributed by atoms with Crippen molar-refractivity contribution >= 4 is 28.3 Å². The van der Waals surface area contributed by atoms with Crippen LogP contribution in [0.2, 0.25) is 0 Å². The first-order chi connectivity index (χ1) is 13.0. The molecule has 1 amide bonds. The molecule has 3 rings (SSSR count).